The van der Waals surface area contributed by atoms with E-state index in [2.05, 4.69) is 17.6 Å². The molecule has 4 aliphatic carbocycles. The number of aliphatic carboxylic acids is 1. The monoisotopic (exact) mass is 632 g/mol. The Bertz CT molecular complexity index is 1280. The van der Waals surface area contributed by atoms with Crippen molar-refractivity contribution >= 4 is 35.3 Å². The zero-order chi connectivity index (χ0) is 33.5. The first-order valence-electron chi connectivity index (χ1n) is 16.1. The van der Waals surface area contributed by atoms with Crippen LogP contribution in [0.1, 0.15) is 92.4 Å². The van der Waals surface area contributed by atoms with Crippen LogP contribution in [0.3, 0.4) is 0 Å². The molecule has 0 bridgehead atoms. The zero-order valence-electron chi connectivity index (χ0n) is 26.9. The van der Waals surface area contributed by atoms with Crippen molar-refractivity contribution in [3.05, 3.63) is 11.6 Å². The Morgan fingerprint density at radius 3 is 2.36 bits per heavy atom. The normalized spacial score (nSPS) is 35.2. The molecule has 3 saturated carbocycles. The number of hydrogen-bond acceptors (Lipinski definition) is 9. The number of carboxylic acid groups (broad SMARTS) is 1. The van der Waals surface area contributed by atoms with E-state index < -0.39 is 65.3 Å². The summed E-state index contributed by atoms with van der Waals surface area (Å²) in [6, 6.07) is -2.16. The van der Waals surface area contributed by atoms with Crippen LogP contribution in [0.5, 0.6) is 0 Å². The molecule has 3 fully saturated rings. The average Bonchev–Trinajstić information content (AvgIpc) is 3.23. The lowest BCUT2D eigenvalue weighted by Gasteiger charge is -2.60. The van der Waals surface area contributed by atoms with E-state index >= 15 is 0 Å². The van der Waals surface area contributed by atoms with E-state index in [1.165, 1.54) is 6.92 Å². The van der Waals surface area contributed by atoms with Crippen molar-refractivity contribution in [2.45, 2.75) is 116 Å². The van der Waals surface area contributed by atoms with Gasteiger partial charge in [0.2, 0.25) is 17.6 Å². The minimum Gasteiger partial charge on any atom is -0.480 e. The molecule has 2 amide bonds. The summed E-state index contributed by atoms with van der Waals surface area (Å²) in [6.07, 6.45) is 3.99. The predicted octanol–water partition coefficient (Wildman–Crippen LogP) is 1.84. The molecule has 0 aromatic heterocycles. The highest BCUT2D eigenvalue weighted by Crippen LogP contribution is 2.67. The Balaban J connectivity index is 1.33. The number of nitrogens with one attached hydrogen (secondary N) is 2. The minimum atomic E-state index is -1.79. The Hall–Kier alpha value is -3.12. The Morgan fingerprint density at radius 1 is 1.02 bits per heavy atom. The summed E-state index contributed by atoms with van der Waals surface area (Å²) in [6.45, 7) is 7.99. The van der Waals surface area contributed by atoms with Crippen molar-refractivity contribution in [2.24, 2.45) is 34.5 Å². The number of Topliss-reactive ketones (excluding diaryl/α,β-unsaturated/α-hetero) is 1. The van der Waals surface area contributed by atoms with Gasteiger partial charge in [-0.3, -0.25) is 28.8 Å². The van der Waals surface area contributed by atoms with E-state index in [4.69, 9.17) is 9.84 Å². The number of fused-ring (bicyclic) bond motifs is 5. The minimum absolute atomic E-state index is 0.0140. The molecule has 0 saturated heterocycles. The van der Waals surface area contributed by atoms with Crippen LogP contribution < -0.4 is 10.6 Å². The van der Waals surface area contributed by atoms with Crippen LogP contribution in [0, 0.1) is 34.5 Å². The number of allylic oxidation sites excluding steroid dienone is 1. The topological polar surface area (TPSA) is 196 Å². The smallest absolute Gasteiger partial charge is 0.325 e. The van der Waals surface area contributed by atoms with Crippen LogP contribution in [0.4, 0.5) is 0 Å². The van der Waals surface area contributed by atoms with E-state index in [0.29, 0.717) is 19.3 Å². The fraction of sp³-hybridized carbons (Fsp3) is 0.758. The first kappa shape index (κ1) is 34.7. The van der Waals surface area contributed by atoms with Crippen molar-refractivity contribution in [3.63, 3.8) is 0 Å². The number of aliphatic hydroxyl groups is 2. The third-order valence-corrected chi connectivity index (χ3v) is 11.4. The average molecular weight is 633 g/mol. The van der Waals surface area contributed by atoms with Gasteiger partial charge in [-0.25, -0.2) is 0 Å². The van der Waals surface area contributed by atoms with Gasteiger partial charge in [0.15, 0.2) is 12.4 Å². The summed E-state index contributed by atoms with van der Waals surface area (Å²) >= 11 is 0. The molecule has 0 spiro atoms. The van der Waals surface area contributed by atoms with Gasteiger partial charge in [0.05, 0.1) is 12.5 Å². The highest BCUT2D eigenvalue weighted by molar-refractivity contribution is 5.93. The van der Waals surface area contributed by atoms with Crippen LogP contribution in [-0.4, -0.2) is 81.0 Å². The molecule has 5 N–H and O–H groups in total. The van der Waals surface area contributed by atoms with Crippen molar-refractivity contribution in [3.8, 4) is 0 Å². The van der Waals surface area contributed by atoms with Crippen molar-refractivity contribution in [1.29, 1.82) is 0 Å². The van der Waals surface area contributed by atoms with E-state index in [0.717, 1.165) is 18.4 Å². The van der Waals surface area contributed by atoms with E-state index in [1.54, 1.807) is 19.9 Å². The third-order valence-electron chi connectivity index (χ3n) is 11.4. The van der Waals surface area contributed by atoms with Gasteiger partial charge in [0.25, 0.3) is 0 Å². The van der Waals surface area contributed by atoms with E-state index in [9.17, 15) is 39.0 Å². The van der Waals surface area contributed by atoms with Gasteiger partial charge in [-0.1, -0.05) is 33.3 Å². The Labute approximate surface area is 263 Å². The number of esters is 1. The van der Waals surface area contributed by atoms with Crippen LogP contribution >= 0.6 is 0 Å². The number of ketones is 2. The lowest BCUT2D eigenvalue weighted by Crippen LogP contribution is -2.62. The Kier molecular flexibility index (Phi) is 9.99. The summed E-state index contributed by atoms with van der Waals surface area (Å²) in [7, 11) is 0. The molecular formula is C33H48N2O10. The number of carbonyl (C=O) groups excluding carboxylic acids is 5. The summed E-state index contributed by atoms with van der Waals surface area (Å²) in [5.74, 6) is -4.17. The number of hydrogen-bond donors (Lipinski definition) is 5. The van der Waals surface area contributed by atoms with E-state index in [1.807, 2.05) is 6.92 Å². The van der Waals surface area contributed by atoms with Crippen LogP contribution in [-0.2, 0) is 33.5 Å². The maximum absolute atomic E-state index is 13.5. The summed E-state index contributed by atoms with van der Waals surface area (Å²) in [4.78, 5) is 74.1. The zero-order valence-corrected chi connectivity index (χ0v) is 26.9. The molecule has 4 aliphatic rings. The molecule has 0 aromatic rings. The van der Waals surface area contributed by atoms with Crippen LogP contribution in [0.25, 0.3) is 0 Å². The second-order valence-corrected chi connectivity index (χ2v) is 14.4. The molecule has 45 heavy (non-hydrogen) atoms. The van der Waals surface area contributed by atoms with E-state index in [-0.39, 0.29) is 60.6 Å². The molecule has 0 heterocycles. The molecule has 0 radical (unpaired) electrons. The van der Waals surface area contributed by atoms with Crippen molar-refractivity contribution in [2.75, 3.05) is 6.61 Å². The summed E-state index contributed by atoms with van der Waals surface area (Å²) in [5.41, 5.74) is -1.89. The number of carbonyl (C=O) groups is 6. The predicted molar refractivity (Wildman–Crippen MR) is 160 cm³/mol. The number of carboxylic acids is 1. The van der Waals surface area contributed by atoms with Gasteiger partial charge in [0, 0.05) is 18.3 Å². The first-order chi connectivity index (χ1) is 20.9. The SMILES string of the molecule is CC(C)[C@@H](NC(=O)CCC(=O)OCC(=O)[C@@]1(O)CC[C@@H]2[C@@H]3CCC4=CC(=O)CC[C@]4(C)[C@@H]3[C@@H](O)C[C@@]21C)C(=O)N[C@@H](C)C(=O)O. The summed E-state index contributed by atoms with van der Waals surface area (Å²) in [5, 5.41) is 37.2. The fourth-order valence-electron chi connectivity index (χ4n) is 8.85. The molecule has 12 nitrogen and oxygen atoms in total. The molecule has 9 atom stereocenters. The number of rotatable bonds is 11. The molecule has 12 heteroatoms. The second kappa shape index (κ2) is 12.9. The molecule has 250 valence electrons. The largest absolute Gasteiger partial charge is 0.480 e. The van der Waals surface area contributed by atoms with Crippen LogP contribution in [0.2, 0.25) is 0 Å². The molecule has 0 aromatic carbocycles. The van der Waals surface area contributed by atoms with Gasteiger partial charge in [-0.05, 0) is 80.6 Å². The van der Waals surface area contributed by atoms with Gasteiger partial charge < -0.3 is 30.7 Å². The number of amides is 2. The van der Waals surface area contributed by atoms with Crippen LogP contribution in [0.15, 0.2) is 11.6 Å². The van der Waals surface area contributed by atoms with Crippen molar-refractivity contribution < 1.29 is 48.8 Å². The molecule has 0 aliphatic heterocycles. The second-order valence-electron chi connectivity index (χ2n) is 14.4. The maximum Gasteiger partial charge on any atom is 0.325 e. The molecule has 4 rings (SSSR count). The lowest BCUT2D eigenvalue weighted by molar-refractivity contribution is -0.184. The lowest BCUT2D eigenvalue weighted by atomic mass is 9.45. The summed E-state index contributed by atoms with van der Waals surface area (Å²) < 4.78 is 5.19. The molecule has 0 unspecified atom stereocenters. The standard InChI is InChI=1S/C33H48N2O10/c1-17(2)28(29(41)34-18(3)30(42)43)35-25(39)8-9-26(40)45-16-24(38)33(44)13-11-22-21-7-6-19-14-20(36)10-12-31(19,4)27(21)23(37)15-32(22,33)5/h14,17-18,21-23,27-28,37,44H,6-13,15-16H2,1-5H3,(H,34,41)(H,35,39)(H,42,43)/t18-,21-,22+,23-,27-,28+,31-,32-,33-/m0/s1. The number of aliphatic hydroxyl groups excluding tert-OH is 1. The number of ether oxygens (including phenoxy) is 1. The fourth-order valence-corrected chi connectivity index (χ4v) is 8.85. The van der Waals surface area contributed by atoms with Gasteiger partial charge in [0.1, 0.15) is 17.7 Å². The highest BCUT2D eigenvalue weighted by atomic mass is 16.5. The van der Waals surface area contributed by atoms with Gasteiger partial charge in [-0.2, -0.15) is 0 Å². The third kappa shape index (κ3) is 6.45. The van der Waals surface area contributed by atoms with Gasteiger partial charge >= 0.3 is 11.9 Å². The molecular weight excluding hydrogens is 584 g/mol. The highest BCUT2D eigenvalue weighted by Gasteiger charge is 2.68. The Morgan fingerprint density at radius 2 is 1.71 bits per heavy atom. The van der Waals surface area contributed by atoms with Crippen molar-refractivity contribution in [1.82, 2.24) is 10.6 Å². The first-order valence-corrected chi connectivity index (χ1v) is 16.1. The quantitative estimate of drug-likeness (QED) is 0.210. The maximum atomic E-state index is 13.5. The van der Waals surface area contributed by atoms with Gasteiger partial charge in [-0.15, -0.1) is 0 Å².